The van der Waals surface area contributed by atoms with Gasteiger partial charge in [0, 0.05) is 44.7 Å². The van der Waals surface area contributed by atoms with E-state index in [9.17, 15) is 19.5 Å². The lowest BCUT2D eigenvalue weighted by molar-refractivity contribution is -0.146. The van der Waals surface area contributed by atoms with Gasteiger partial charge in [-0.05, 0) is 63.8 Å². The van der Waals surface area contributed by atoms with Gasteiger partial charge in [0.25, 0.3) is 0 Å². The number of fused-ring (bicyclic) bond motifs is 1. The zero-order chi connectivity index (χ0) is 25.5. The summed E-state index contributed by atoms with van der Waals surface area (Å²) >= 11 is 0. The van der Waals surface area contributed by atoms with Crippen LogP contribution in [-0.2, 0) is 19.1 Å². The van der Waals surface area contributed by atoms with Crippen LogP contribution in [0.1, 0.15) is 40.5 Å². The van der Waals surface area contributed by atoms with Crippen molar-refractivity contribution in [1.82, 2.24) is 10.2 Å². The molecule has 192 valence electrons. The minimum absolute atomic E-state index is 0.00436. The van der Waals surface area contributed by atoms with Crippen LogP contribution in [0.3, 0.4) is 0 Å². The van der Waals surface area contributed by atoms with E-state index in [2.05, 4.69) is 29.4 Å². The van der Waals surface area contributed by atoms with Crippen LogP contribution in [0.25, 0.3) is 0 Å². The second kappa shape index (κ2) is 9.43. The maximum atomic E-state index is 13.8. The van der Waals surface area contributed by atoms with Gasteiger partial charge in [-0.1, -0.05) is 6.92 Å². The maximum Gasteiger partial charge on any atom is 0.250 e. The van der Waals surface area contributed by atoms with E-state index in [4.69, 9.17) is 4.74 Å². The summed E-state index contributed by atoms with van der Waals surface area (Å²) in [6.45, 7) is 9.99. The van der Waals surface area contributed by atoms with E-state index in [1.807, 2.05) is 38.1 Å². The number of nitrogens with one attached hydrogen (secondary N) is 2. The number of benzene rings is 1. The van der Waals surface area contributed by atoms with Crippen LogP contribution in [-0.4, -0.2) is 78.3 Å². The number of carbonyl (C=O) groups is 3. The third kappa shape index (κ3) is 3.80. The van der Waals surface area contributed by atoms with Crippen LogP contribution < -0.4 is 15.5 Å². The van der Waals surface area contributed by atoms with Crippen molar-refractivity contribution in [3.05, 3.63) is 24.3 Å². The Balaban J connectivity index is 1.67. The molecule has 3 unspecified atom stereocenters. The van der Waals surface area contributed by atoms with Gasteiger partial charge in [0.2, 0.25) is 17.7 Å². The van der Waals surface area contributed by atoms with Crippen molar-refractivity contribution < 1.29 is 24.2 Å². The molecule has 3 aliphatic heterocycles. The summed E-state index contributed by atoms with van der Waals surface area (Å²) in [5, 5.41) is 15.1. The van der Waals surface area contributed by atoms with E-state index in [-0.39, 0.29) is 36.8 Å². The Kier molecular flexibility index (Phi) is 6.85. The number of nitrogens with zero attached hydrogens (tertiary/aromatic N) is 2. The highest BCUT2D eigenvalue weighted by atomic mass is 16.5. The van der Waals surface area contributed by atoms with Crippen molar-refractivity contribution in [2.45, 2.75) is 57.8 Å². The standard InChI is InChI=1S/C26H38N4O5/c1-6-29(7-2)18-11-9-17(10-12-18)28-23(33)21-26-15-16(3)25(4,35-26)19(22(32)27-5)20(26)24(34)30(21)13-8-14-31/h9-12,16,19-21,31H,6-8,13-15H2,1-5H3,(H,27,32)(H,28,33)/t16?,19-,20-,21?,25+,26?/m0/s1. The highest BCUT2D eigenvalue weighted by molar-refractivity contribution is 6.03. The van der Waals surface area contributed by atoms with E-state index in [1.54, 1.807) is 7.05 Å². The van der Waals surface area contributed by atoms with Gasteiger partial charge in [0.15, 0.2) is 0 Å². The third-order valence-corrected chi connectivity index (χ3v) is 8.41. The Morgan fingerprint density at radius 2 is 1.86 bits per heavy atom. The fourth-order valence-corrected chi connectivity index (χ4v) is 6.63. The molecule has 1 aromatic rings. The number of aliphatic hydroxyl groups is 1. The lowest BCUT2D eigenvalue weighted by Crippen LogP contribution is -2.54. The molecule has 0 aromatic heterocycles. The lowest BCUT2D eigenvalue weighted by atomic mass is 9.62. The number of ether oxygens (including phenoxy) is 1. The van der Waals surface area contributed by atoms with Gasteiger partial charge in [-0.15, -0.1) is 0 Å². The summed E-state index contributed by atoms with van der Waals surface area (Å²) in [4.78, 5) is 44.2. The Bertz CT molecular complexity index is 980. The minimum atomic E-state index is -1.08. The molecule has 3 heterocycles. The van der Waals surface area contributed by atoms with E-state index in [0.29, 0.717) is 18.5 Å². The first-order valence-corrected chi connectivity index (χ1v) is 12.7. The molecule has 0 aliphatic carbocycles. The molecule has 3 N–H and O–H groups in total. The Labute approximate surface area is 207 Å². The minimum Gasteiger partial charge on any atom is -0.396 e. The van der Waals surface area contributed by atoms with E-state index in [1.165, 1.54) is 4.90 Å². The van der Waals surface area contributed by atoms with Crippen LogP contribution in [0.5, 0.6) is 0 Å². The zero-order valence-corrected chi connectivity index (χ0v) is 21.3. The number of anilines is 2. The molecule has 3 saturated heterocycles. The summed E-state index contributed by atoms with van der Waals surface area (Å²) in [5.74, 6) is -2.23. The van der Waals surface area contributed by atoms with Crippen molar-refractivity contribution in [3.63, 3.8) is 0 Å². The van der Waals surface area contributed by atoms with Crippen molar-refractivity contribution in [2.24, 2.45) is 17.8 Å². The van der Waals surface area contributed by atoms with Crippen molar-refractivity contribution in [1.29, 1.82) is 0 Å². The van der Waals surface area contributed by atoms with E-state index >= 15 is 0 Å². The number of likely N-dealkylation sites (tertiary alicyclic amines) is 1. The van der Waals surface area contributed by atoms with Gasteiger partial charge in [-0.2, -0.15) is 0 Å². The molecule has 3 aliphatic rings. The quantitative estimate of drug-likeness (QED) is 0.489. The van der Waals surface area contributed by atoms with Gasteiger partial charge in [-0.3, -0.25) is 14.4 Å². The first-order chi connectivity index (χ1) is 16.7. The molecule has 4 rings (SSSR count). The third-order valence-electron chi connectivity index (χ3n) is 8.41. The molecule has 2 bridgehead atoms. The molecule has 0 radical (unpaired) electrons. The second-order valence-electron chi connectivity index (χ2n) is 10.1. The summed E-state index contributed by atoms with van der Waals surface area (Å²) in [7, 11) is 1.56. The number of rotatable bonds is 9. The van der Waals surface area contributed by atoms with Crippen LogP contribution in [0, 0.1) is 17.8 Å². The Morgan fingerprint density at radius 3 is 2.43 bits per heavy atom. The molecule has 3 fully saturated rings. The Morgan fingerprint density at radius 1 is 1.20 bits per heavy atom. The molecular weight excluding hydrogens is 448 g/mol. The number of hydrogen-bond acceptors (Lipinski definition) is 6. The van der Waals surface area contributed by atoms with Gasteiger partial charge in [0.1, 0.15) is 11.6 Å². The average molecular weight is 487 g/mol. The highest BCUT2D eigenvalue weighted by Gasteiger charge is 2.79. The fraction of sp³-hybridized carbons (Fsp3) is 0.654. The van der Waals surface area contributed by atoms with Crippen LogP contribution in [0.2, 0.25) is 0 Å². The molecule has 1 spiro atoms. The van der Waals surface area contributed by atoms with Crippen LogP contribution >= 0.6 is 0 Å². The number of carbonyl (C=O) groups excluding carboxylic acids is 3. The summed E-state index contributed by atoms with van der Waals surface area (Å²) in [5.41, 5.74) is -0.202. The van der Waals surface area contributed by atoms with Gasteiger partial charge >= 0.3 is 0 Å². The number of amides is 3. The van der Waals surface area contributed by atoms with E-state index in [0.717, 1.165) is 18.8 Å². The predicted octanol–water partition coefficient (Wildman–Crippen LogP) is 1.61. The van der Waals surface area contributed by atoms with Crippen LogP contribution in [0.15, 0.2) is 24.3 Å². The fourth-order valence-electron chi connectivity index (χ4n) is 6.63. The number of hydrogen-bond donors (Lipinski definition) is 3. The van der Waals surface area contributed by atoms with Crippen molar-refractivity contribution in [3.8, 4) is 0 Å². The normalized spacial score (nSPS) is 33.1. The molecule has 9 heteroatoms. The first-order valence-electron chi connectivity index (χ1n) is 12.7. The van der Waals surface area contributed by atoms with Gasteiger partial charge in [-0.25, -0.2) is 0 Å². The monoisotopic (exact) mass is 486 g/mol. The maximum absolute atomic E-state index is 13.8. The molecule has 6 atom stereocenters. The topological polar surface area (TPSA) is 111 Å². The molecule has 9 nitrogen and oxygen atoms in total. The summed E-state index contributed by atoms with van der Waals surface area (Å²) < 4.78 is 6.60. The summed E-state index contributed by atoms with van der Waals surface area (Å²) in [6, 6.07) is 6.78. The highest BCUT2D eigenvalue weighted by Crippen LogP contribution is 2.65. The second-order valence-corrected chi connectivity index (χ2v) is 10.1. The van der Waals surface area contributed by atoms with Crippen LogP contribution in [0.4, 0.5) is 11.4 Å². The Hall–Kier alpha value is -2.65. The zero-order valence-electron chi connectivity index (χ0n) is 21.3. The van der Waals surface area contributed by atoms with Crippen molar-refractivity contribution >= 4 is 29.1 Å². The molecular formula is C26H38N4O5. The summed E-state index contributed by atoms with van der Waals surface area (Å²) in [6.07, 6.45) is 0.857. The lowest BCUT2D eigenvalue weighted by Gasteiger charge is -2.36. The van der Waals surface area contributed by atoms with Crippen molar-refractivity contribution in [2.75, 3.05) is 43.5 Å². The molecule has 1 aromatic carbocycles. The predicted molar refractivity (Wildman–Crippen MR) is 133 cm³/mol. The molecule has 35 heavy (non-hydrogen) atoms. The smallest absolute Gasteiger partial charge is 0.250 e. The van der Waals surface area contributed by atoms with Gasteiger partial charge in [0.05, 0.1) is 17.4 Å². The average Bonchev–Trinajstić information content (AvgIpc) is 3.35. The largest absolute Gasteiger partial charge is 0.396 e. The SMILES string of the molecule is CCN(CC)c1ccc(NC(=O)C2N(CCCO)C(=O)[C@@H]3[C@@H](C(=O)NC)[C@]4(C)OC23CC4C)cc1. The van der Waals surface area contributed by atoms with E-state index < -0.39 is 29.1 Å². The first kappa shape index (κ1) is 25.4. The molecule has 0 saturated carbocycles. The molecule has 3 amide bonds. The van der Waals surface area contributed by atoms with Gasteiger partial charge < -0.3 is 30.3 Å². The number of aliphatic hydroxyl groups excluding tert-OH is 1.